The molecule has 1 heterocycles. The quantitative estimate of drug-likeness (QED) is 0.463. The third-order valence-corrected chi connectivity index (χ3v) is 1.74. The lowest BCUT2D eigenvalue weighted by atomic mass is 10.2. The van der Waals surface area contributed by atoms with Crippen LogP contribution in [0.1, 0.15) is 19.3 Å². The summed E-state index contributed by atoms with van der Waals surface area (Å²) in [7, 11) is 1.60. The lowest BCUT2D eigenvalue weighted by molar-refractivity contribution is 0.00516. The van der Waals surface area contributed by atoms with Crippen molar-refractivity contribution in [2.75, 3.05) is 20.4 Å². The smallest absolute Gasteiger partial charge is 0.188 e. The molecule has 1 aliphatic rings. The highest BCUT2D eigenvalue weighted by molar-refractivity contribution is 5.87. The molecule has 0 amide bonds. The van der Waals surface area contributed by atoms with Crippen molar-refractivity contribution in [2.45, 2.75) is 19.3 Å². The monoisotopic (exact) mass is 169 g/mol. The van der Waals surface area contributed by atoms with Gasteiger partial charge in [0.05, 0.1) is 5.76 Å². The molecule has 68 valence electrons. The second kappa shape index (κ2) is 4.93. The molecule has 0 aromatic heterocycles. The predicted octanol–water partition coefficient (Wildman–Crippen LogP) is 1.75. The van der Waals surface area contributed by atoms with Crippen LogP contribution in [0.25, 0.3) is 0 Å². The van der Waals surface area contributed by atoms with Gasteiger partial charge in [-0.05, 0) is 12.8 Å². The zero-order valence-corrected chi connectivity index (χ0v) is 7.51. The molecule has 0 unspecified atom stereocenters. The molecule has 0 spiro atoms. The fraction of sp³-hybridized carbons (Fsp3) is 0.667. The molecule has 0 aromatic rings. The highest BCUT2D eigenvalue weighted by Gasteiger charge is 2.07. The fourth-order valence-electron chi connectivity index (χ4n) is 1.16. The Kier molecular flexibility index (Phi) is 3.80. The molecule has 0 saturated carbocycles. The second-order valence-corrected chi connectivity index (χ2v) is 2.82. The van der Waals surface area contributed by atoms with E-state index in [0.717, 1.165) is 25.1 Å². The van der Waals surface area contributed by atoms with Gasteiger partial charge in [0.15, 0.2) is 6.79 Å². The highest BCUT2D eigenvalue weighted by atomic mass is 16.7. The number of allylic oxidation sites excluding steroid dienone is 1. The van der Waals surface area contributed by atoms with Crippen LogP contribution in [0.3, 0.4) is 0 Å². The van der Waals surface area contributed by atoms with Crippen molar-refractivity contribution in [3.8, 4) is 0 Å². The van der Waals surface area contributed by atoms with Gasteiger partial charge in [-0.3, -0.25) is 4.99 Å². The fourth-order valence-corrected chi connectivity index (χ4v) is 1.16. The van der Waals surface area contributed by atoms with Gasteiger partial charge in [-0.25, -0.2) is 0 Å². The van der Waals surface area contributed by atoms with Gasteiger partial charge in [0.2, 0.25) is 0 Å². The lowest BCUT2D eigenvalue weighted by Crippen LogP contribution is -2.01. The van der Waals surface area contributed by atoms with Crippen LogP contribution in [-0.4, -0.2) is 26.2 Å². The van der Waals surface area contributed by atoms with Crippen molar-refractivity contribution in [3.63, 3.8) is 0 Å². The van der Waals surface area contributed by atoms with Crippen molar-refractivity contribution in [2.24, 2.45) is 4.99 Å². The first-order valence-corrected chi connectivity index (χ1v) is 4.14. The minimum absolute atomic E-state index is 0.284. The topological polar surface area (TPSA) is 30.8 Å². The van der Waals surface area contributed by atoms with Gasteiger partial charge in [0.1, 0.15) is 0 Å². The number of hydrogen-bond donors (Lipinski definition) is 0. The molecule has 0 N–H and O–H groups in total. The molecular formula is C9H15NO2. The Labute approximate surface area is 73.1 Å². The number of aliphatic imine (C=N–C) groups is 1. The molecule has 0 atom stereocenters. The van der Waals surface area contributed by atoms with E-state index in [1.165, 1.54) is 12.1 Å². The Morgan fingerprint density at radius 1 is 1.67 bits per heavy atom. The van der Waals surface area contributed by atoms with Crippen LogP contribution in [0.2, 0.25) is 0 Å². The van der Waals surface area contributed by atoms with Crippen molar-refractivity contribution in [1.82, 2.24) is 0 Å². The molecule has 0 radical (unpaired) electrons. The standard InChI is InChI=1S/C9H15NO2/c1-8(12-7-11-2)6-9-4-3-5-10-9/h1,3-7H2,2H3. The molecule has 3 heteroatoms. The summed E-state index contributed by atoms with van der Waals surface area (Å²) in [6, 6.07) is 0. The highest BCUT2D eigenvalue weighted by Crippen LogP contribution is 2.11. The van der Waals surface area contributed by atoms with Crippen molar-refractivity contribution in [1.29, 1.82) is 0 Å². The average Bonchev–Trinajstić information content (AvgIpc) is 2.53. The predicted molar refractivity (Wildman–Crippen MR) is 48.3 cm³/mol. The maximum atomic E-state index is 5.16. The largest absolute Gasteiger partial charge is 0.472 e. The Morgan fingerprint density at radius 3 is 3.08 bits per heavy atom. The normalized spacial score (nSPS) is 15.9. The Bertz CT molecular complexity index is 187. The van der Waals surface area contributed by atoms with E-state index in [-0.39, 0.29) is 6.79 Å². The van der Waals surface area contributed by atoms with E-state index >= 15 is 0 Å². The summed E-state index contributed by atoms with van der Waals surface area (Å²) < 4.78 is 9.91. The molecule has 0 bridgehead atoms. The van der Waals surface area contributed by atoms with Crippen LogP contribution in [-0.2, 0) is 9.47 Å². The van der Waals surface area contributed by atoms with Crippen LogP contribution in [0, 0.1) is 0 Å². The van der Waals surface area contributed by atoms with E-state index in [0.29, 0.717) is 0 Å². The Hall–Kier alpha value is -0.830. The number of ether oxygens (including phenoxy) is 2. The van der Waals surface area contributed by atoms with Crippen LogP contribution in [0.4, 0.5) is 0 Å². The molecule has 12 heavy (non-hydrogen) atoms. The first-order valence-electron chi connectivity index (χ1n) is 4.14. The zero-order chi connectivity index (χ0) is 8.81. The van der Waals surface area contributed by atoms with Crippen molar-refractivity contribution >= 4 is 5.71 Å². The SMILES string of the molecule is C=C(CC1=NCCC1)OCOC. The first-order chi connectivity index (χ1) is 5.83. The minimum Gasteiger partial charge on any atom is -0.472 e. The summed E-state index contributed by atoms with van der Waals surface area (Å²) in [6.07, 6.45) is 3.03. The molecule has 0 aromatic carbocycles. The summed E-state index contributed by atoms with van der Waals surface area (Å²) in [6.45, 7) is 5.02. The van der Waals surface area contributed by atoms with Gasteiger partial charge in [-0.15, -0.1) is 0 Å². The van der Waals surface area contributed by atoms with Crippen LogP contribution < -0.4 is 0 Å². The van der Waals surface area contributed by atoms with E-state index in [2.05, 4.69) is 11.6 Å². The maximum Gasteiger partial charge on any atom is 0.188 e. The third kappa shape index (κ3) is 3.05. The van der Waals surface area contributed by atoms with E-state index in [1.54, 1.807) is 7.11 Å². The van der Waals surface area contributed by atoms with Crippen LogP contribution in [0.15, 0.2) is 17.3 Å². The van der Waals surface area contributed by atoms with Gasteiger partial charge < -0.3 is 9.47 Å². The average molecular weight is 169 g/mol. The van der Waals surface area contributed by atoms with Crippen molar-refractivity contribution < 1.29 is 9.47 Å². The summed E-state index contributed by atoms with van der Waals surface area (Å²) in [4.78, 5) is 4.32. The number of rotatable bonds is 5. The zero-order valence-electron chi connectivity index (χ0n) is 7.51. The third-order valence-electron chi connectivity index (χ3n) is 1.74. The van der Waals surface area contributed by atoms with E-state index in [1.807, 2.05) is 0 Å². The van der Waals surface area contributed by atoms with Gasteiger partial charge in [0.25, 0.3) is 0 Å². The summed E-state index contributed by atoms with van der Waals surface area (Å²) >= 11 is 0. The number of hydrogen-bond acceptors (Lipinski definition) is 3. The molecular weight excluding hydrogens is 154 g/mol. The molecule has 0 fully saturated rings. The van der Waals surface area contributed by atoms with Gasteiger partial charge >= 0.3 is 0 Å². The molecule has 0 saturated heterocycles. The molecule has 3 nitrogen and oxygen atoms in total. The summed E-state index contributed by atoms with van der Waals surface area (Å²) in [5.74, 6) is 0.748. The summed E-state index contributed by atoms with van der Waals surface area (Å²) in [5, 5.41) is 0. The van der Waals surface area contributed by atoms with Gasteiger partial charge in [-0.1, -0.05) is 6.58 Å². The number of methoxy groups -OCH3 is 1. The van der Waals surface area contributed by atoms with Crippen LogP contribution in [0.5, 0.6) is 0 Å². The van der Waals surface area contributed by atoms with Crippen molar-refractivity contribution in [3.05, 3.63) is 12.3 Å². The van der Waals surface area contributed by atoms with E-state index < -0.39 is 0 Å². The van der Waals surface area contributed by atoms with E-state index in [4.69, 9.17) is 9.47 Å². The first kappa shape index (κ1) is 9.26. The second-order valence-electron chi connectivity index (χ2n) is 2.82. The maximum absolute atomic E-state index is 5.16. The molecule has 1 rings (SSSR count). The number of nitrogens with zero attached hydrogens (tertiary/aromatic N) is 1. The minimum atomic E-state index is 0.284. The molecule has 1 aliphatic heterocycles. The van der Waals surface area contributed by atoms with Gasteiger partial charge in [0, 0.05) is 25.8 Å². The lowest BCUT2D eigenvalue weighted by Gasteiger charge is -2.06. The van der Waals surface area contributed by atoms with E-state index in [9.17, 15) is 0 Å². The molecule has 0 aliphatic carbocycles. The Balaban J connectivity index is 2.17. The van der Waals surface area contributed by atoms with Crippen LogP contribution >= 0.6 is 0 Å². The van der Waals surface area contributed by atoms with Gasteiger partial charge in [-0.2, -0.15) is 0 Å². The Morgan fingerprint density at radius 2 is 2.50 bits per heavy atom. The summed E-state index contributed by atoms with van der Waals surface area (Å²) in [5.41, 5.74) is 1.20.